The topological polar surface area (TPSA) is 134 Å². The second-order valence-electron chi connectivity index (χ2n) is 9.86. The molecule has 1 fully saturated rings. The zero-order chi connectivity index (χ0) is 28.5. The van der Waals surface area contributed by atoms with E-state index in [0.717, 1.165) is 25.7 Å². The Labute approximate surface area is 235 Å². The van der Waals surface area contributed by atoms with Gasteiger partial charge in [-0.2, -0.15) is 0 Å². The molecule has 1 aliphatic rings. The summed E-state index contributed by atoms with van der Waals surface area (Å²) in [5, 5.41) is 24.0. The van der Waals surface area contributed by atoms with E-state index in [9.17, 15) is 23.4 Å². The molecule has 214 valence electrons. The summed E-state index contributed by atoms with van der Waals surface area (Å²) in [7, 11) is -3.88. The number of hydrogen-bond acceptors (Lipinski definition) is 8. The van der Waals surface area contributed by atoms with E-state index in [1.54, 1.807) is 25.1 Å². The van der Waals surface area contributed by atoms with Crippen molar-refractivity contribution in [1.82, 2.24) is 5.32 Å². The van der Waals surface area contributed by atoms with Gasteiger partial charge in [0.1, 0.15) is 24.2 Å². The summed E-state index contributed by atoms with van der Waals surface area (Å²) < 4.78 is 38.3. The minimum Gasteiger partial charge on any atom is -0.506 e. The lowest BCUT2D eigenvalue weighted by Gasteiger charge is -2.30. The molecule has 4 rings (SSSR count). The molecule has 10 heteroatoms. The number of esters is 1. The highest BCUT2D eigenvalue weighted by Gasteiger charge is 2.23. The van der Waals surface area contributed by atoms with Crippen molar-refractivity contribution in [2.24, 2.45) is 0 Å². The van der Waals surface area contributed by atoms with Crippen LogP contribution >= 0.6 is 0 Å². The van der Waals surface area contributed by atoms with Gasteiger partial charge < -0.3 is 25.0 Å². The van der Waals surface area contributed by atoms with Gasteiger partial charge >= 0.3 is 5.97 Å². The molecule has 0 heterocycles. The van der Waals surface area contributed by atoms with E-state index in [4.69, 9.17) is 9.47 Å². The summed E-state index contributed by atoms with van der Waals surface area (Å²) in [5.74, 6) is 0.213. The molecule has 4 N–H and O–H groups in total. The zero-order valence-corrected chi connectivity index (χ0v) is 23.3. The maximum atomic E-state index is 12.6. The highest BCUT2D eigenvalue weighted by molar-refractivity contribution is 7.92. The molecule has 0 bridgehead atoms. The first-order chi connectivity index (χ1) is 19.2. The first kappa shape index (κ1) is 29.4. The van der Waals surface area contributed by atoms with Crippen molar-refractivity contribution >= 4 is 21.7 Å². The largest absolute Gasteiger partial charge is 0.506 e. The molecule has 3 aromatic carbocycles. The highest BCUT2D eigenvalue weighted by Crippen LogP contribution is 2.33. The Morgan fingerprint density at radius 2 is 1.70 bits per heavy atom. The minimum absolute atomic E-state index is 0.00477. The summed E-state index contributed by atoms with van der Waals surface area (Å²) in [6, 6.07) is 20.0. The number of aromatic hydroxyl groups is 1. The third-order valence-electron chi connectivity index (χ3n) is 6.97. The molecule has 9 nitrogen and oxygen atoms in total. The van der Waals surface area contributed by atoms with Crippen LogP contribution in [-0.4, -0.2) is 56.5 Å². The fourth-order valence-electron chi connectivity index (χ4n) is 4.78. The molecule has 3 aromatic rings. The Balaban J connectivity index is 1.21. The summed E-state index contributed by atoms with van der Waals surface area (Å²) in [4.78, 5) is 11.9. The summed E-state index contributed by atoms with van der Waals surface area (Å²) in [6.45, 7) is 2.51. The van der Waals surface area contributed by atoms with Gasteiger partial charge in [-0.25, -0.2) is 13.2 Å². The number of aliphatic hydroxyl groups excluding tert-OH is 1. The Hall–Kier alpha value is -3.60. The summed E-state index contributed by atoms with van der Waals surface area (Å²) in [5.41, 5.74) is 1.77. The predicted molar refractivity (Wildman–Crippen MR) is 152 cm³/mol. The van der Waals surface area contributed by atoms with Crippen LogP contribution in [0.4, 0.5) is 5.69 Å². The van der Waals surface area contributed by atoms with Gasteiger partial charge in [0.2, 0.25) is 0 Å². The Bertz CT molecular complexity index is 1360. The van der Waals surface area contributed by atoms with E-state index in [-0.39, 0.29) is 35.0 Å². The maximum Gasteiger partial charge on any atom is 0.338 e. The molecule has 0 saturated heterocycles. The number of phenols is 1. The van der Waals surface area contributed by atoms with Crippen LogP contribution in [0.25, 0.3) is 0 Å². The van der Waals surface area contributed by atoms with Crippen LogP contribution in [-0.2, 0) is 14.8 Å². The van der Waals surface area contributed by atoms with Gasteiger partial charge in [0.15, 0.2) is 0 Å². The predicted octanol–water partition coefficient (Wildman–Crippen LogP) is 4.43. The van der Waals surface area contributed by atoms with Crippen molar-refractivity contribution < 1.29 is 32.9 Å². The van der Waals surface area contributed by atoms with Crippen molar-refractivity contribution in [3.63, 3.8) is 0 Å². The Kier molecular flexibility index (Phi) is 10.0. The molecule has 0 unspecified atom stereocenters. The second-order valence-corrected chi connectivity index (χ2v) is 11.5. The number of sulfonamides is 1. The average Bonchev–Trinajstić information content (AvgIpc) is 2.97. The molecule has 1 saturated carbocycles. The van der Waals surface area contributed by atoms with Crippen molar-refractivity contribution in [3.05, 3.63) is 83.9 Å². The molecule has 0 aliphatic heterocycles. The van der Waals surface area contributed by atoms with Crippen molar-refractivity contribution in [2.45, 2.75) is 55.6 Å². The molecule has 0 aromatic heterocycles. The molecule has 1 aliphatic carbocycles. The number of anilines is 1. The van der Waals surface area contributed by atoms with Gasteiger partial charge in [0.05, 0.1) is 22.8 Å². The Morgan fingerprint density at radius 3 is 2.38 bits per heavy atom. The van der Waals surface area contributed by atoms with Crippen LogP contribution in [0, 0.1) is 0 Å². The van der Waals surface area contributed by atoms with Crippen LogP contribution in [0.2, 0.25) is 0 Å². The van der Waals surface area contributed by atoms with Gasteiger partial charge in [-0.3, -0.25) is 4.72 Å². The molecule has 0 amide bonds. The number of carbonyl (C=O) groups excluding carboxylic acids is 1. The quantitative estimate of drug-likeness (QED) is 0.186. The molecule has 0 radical (unpaired) electrons. The summed E-state index contributed by atoms with van der Waals surface area (Å²) >= 11 is 0. The number of carbonyl (C=O) groups is 1. The fourth-order valence-corrected chi connectivity index (χ4v) is 5.87. The highest BCUT2D eigenvalue weighted by atomic mass is 32.2. The Morgan fingerprint density at radius 1 is 1.00 bits per heavy atom. The van der Waals surface area contributed by atoms with E-state index in [2.05, 4.69) is 10.0 Å². The van der Waals surface area contributed by atoms with Crippen LogP contribution in [0.1, 0.15) is 54.4 Å². The number of benzene rings is 3. The van der Waals surface area contributed by atoms with Gasteiger partial charge in [0.25, 0.3) is 10.0 Å². The van der Waals surface area contributed by atoms with Gasteiger partial charge in [-0.15, -0.1) is 0 Å². The third kappa shape index (κ3) is 7.97. The first-order valence-electron chi connectivity index (χ1n) is 13.5. The number of rotatable bonds is 12. The fraction of sp³-hybridized carbons (Fsp3) is 0.367. The molecular formula is C30H36N2O7S. The van der Waals surface area contributed by atoms with Crippen LogP contribution in [0.3, 0.4) is 0 Å². The smallest absolute Gasteiger partial charge is 0.338 e. The van der Waals surface area contributed by atoms with E-state index in [1.165, 1.54) is 35.9 Å². The average molecular weight is 569 g/mol. The molecular weight excluding hydrogens is 532 g/mol. The van der Waals surface area contributed by atoms with Crippen LogP contribution < -0.4 is 14.8 Å². The second kappa shape index (κ2) is 13.6. The lowest BCUT2D eigenvalue weighted by atomic mass is 9.81. The van der Waals surface area contributed by atoms with Crippen molar-refractivity contribution in [1.29, 1.82) is 0 Å². The molecule has 1 atom stereocenters. The SMILES string of the molecule is CCOC(=O)c1ccc([C@H]2CC[C@H](NC[C@H](O)COc3ccc(O)c(NS(=O)(=O)c4ccccc4)c3)CC2)cc1. The van der Waals surface area contributed by atoms with E-state index in [0.29, 0.717) is 30.4 Å². The lowest BCUT2D eigenvalue weighted by molar-refractivity contribution is 0.0526. The van der Waals surface area contributed by atoms with Crippen LogP contribution in [0.5, 0.6) is 11.5 Å². The number of phenolic OH excluding ortho intramolecular Hbond substituents is 1. The van der Waals surface area contributed by atoms with Crippen LogP contribution in [0.15, 0.2) is 77.7 Å². The number of hydrogen-bond donors (Lipinski definition) is 4. The molecule has 40 heavy (non-hydrogen) atoms. The van der Waals surface area contributed by atoms with Crippen molar-refractivity contribution in [2.75, 3.05) is 24.5 Å². The maximum absolute atomic E-state index is 12.6. The lowest BCUT2D eigenvalue weighted by Crippen LogP contribution is -2.39. The van der Waals surface area contributed by atoms with E-state index in [1.807, 2.05) is 24.3 Å². The standard InChI is InChI=1S/C30H36N2O7S/c1-2-38-30(35)23-10-8-21(9-11-23)22-12-14-24(15-13-22)31-19-25(33)20-39-26-16-17-29(34)28(18-26)32-40(36,37)27-6-4-3-5-7-27/h3-11,16-18,22,24-25,31-34H,2,12-15,19-20H2,1H3/t22-,24-,25-/m0/s1. The van der Waals surface area contributed by atoms with Gasteiger partial charge in [-0.05, 0) is 80.5 Å². The first-order valence-corrected chi connectivity index (χ1v) is 15.0. The molecule has 0 spiro atoms. The number of ether oxygens (including phenoxy) is 2. The van der Waals surface area contributed by atoms with Gasteiger partial charge in [-0.1, -0.05) is 30.3 Å². The minimum atomic E-state index is -3.88. The van der Waals surface area contributed by atoms with Crippen molar-refractivity contribution in [3.8, 4) is 11.5 Å². The van der Waals surface area contributed by atoms with Gasteiger partial charge in [0, 0.05) is 18.7 Å². The monoisotopic (exact) mass is 568 g/mol. The third-order valence-corrected chi connectivity index (χ3v) is 8.35. The van der Waals surface area contributed by atoms with E-state index < -0.39 is 16.1 Å². The number of nitrogens with one attached hydrogen (secondary N) is 2. The summed E-state index contributed by atoms with van der Waals surface area (Å²) in [6.07, 6.45) is 3.20. The zero-order valence-electron chi connectivity index (χ0n) is 22.5. The number of aliphatic hydroxyl groups is 1. The normalized spacial score (nSPS) is 18.1. The van der Waals surface area contributed by atoms with E-state index >= 15 is 0 Å².